The largest absolute Gasteiger partial charge is 0.369 e. The number of rotatable bonds is 5. The van der Waals surface area contributed by atoms with Crippen molar-refractivity contribution in [1.29, 1.82) is 0 Å². The van der Waals surface area contributed by atoms with Gasteiger partial charge in [0.05, 0.1) is 0 Å². The predicted octanol–water partition coefficient (Wildman–Crippen LogP) is 7.52. The Morgan fingerprint density at radius 2 is 1.44 bits per heavy atom. The van der Waals surface area contributed by atoms with Crippen LogP contribution in [0.5, 0.6) is 0 Å². The summed E-state index contributed by atoms with van der Waals surface area (Å²) < 4.78 is 6.62. The van der Waals surface area contributed by atoms with E-state index in [9.17, 15) is 0 Å². The molecule has 0 spiro atoms. The molecule has 0 bridgehead atoms. The summed E-state index contributed by atoms with van der Waals surface area (Å²) >= 11 is 0. The van der Waals surface area contributed by atoms with Gasteiger partial charge in [0.1, 0.15) is 5.34 Å². The Morgan fingerprint density at radius 3 is 2.00 bits per heavy atom. The Balaban J connectivity index is 1.76. The van der Waals surface area contributed by atoms with Crippen LogP contribution in [0.15, 0.2) is 48.6 Å². The molecular formula is C25H35OP. The predicted molar refractivity (Wildman–Crippen MR) is 119 cm³/mol. The molecule has 1 aromatic carbocycles. The van der Waals surface area contributed by atoms with Crippen molar-refractivity contribution in [3.05, 3.63) is 54.1 Å². The van der Waals surface area contributed by atoms with E-state index in [0.717, 1.165) is 17.7 Å². The first-order chi connectivity index (χ1) is 13.3. The molecule has 4 rings (SSSR count). The first-order valence-corrected chi connectivity index (χ1v) is 12.6. The first-order valence-electron chi connectivity index (χ1n) is 11.1. The van der Waals surface area contributed by atoms with Crippen LogP contribution in [-0.2, 0) is 4.74 Å². The smallest absolute Gasteiger partial charge is 0.116 e. The van der Waals surface area contributed by atoms with Gasteiger partial charge in [-0.2, -0.15) is 0 Å². The zero-order valence-corrected chi connectivity index (χ0v) is 17.8. The Kier molecular flexibility index (Phi) is 6.51. The van der Waals surface area contributed by atoms with Crippen LogP contribution in [0.4, 0.5) is 0 Å². The maximum Gasteiger partial charge on any atom is 0.116 e. The van der Waals surface area contributed by atoms with E-state index in [0.29, 0.717) is 0 Å². The lowest BCUT2D eigenvalue weighted by molar-refractivity contribution is 0.112. The van der Waals surface area contributed by atoms with Crippen molar-refractivity contribution in [3.8, 4) is 0 Å². The third kappa shape index (κ3) is 3.96. The molecular weight excluding hydrogens is 347 g/mol. The minimum Gasteiger partial charge on any atom is -0.369 e. The second-order valence-electron chi connectivity index (χ2n) is 8.56. The number of hydrogen-bond acceptors (Lipinski definition) is 1. The molecule has 0 N–H and O–H groups in total. The van der Waals surface area contributed by atoms with Crippen LogP contribution < -0.4 is 0 Å². The quantitative estimate of drug-likeness (QED) is 0.478. The second kappa shape index (κ2) is 9.06. The summed E-state index contributed by atoms with van der Waals surface area (Å²) in [5.41, 5.74) is 4.59. The van der Waals surface area contributed by atoms with Crippen molar-refractivity contribution in [2.45, 2.75) is 87.3 Å². The van der Waals surface area contributed by atoms with E-state index in [-0.39, 0.29) is 13.3 Å². The van der Waals surface area contributed by atoms with Crippen LogP contribution in [0.2, 0.25) is 0 Å². The standard InChI is InChI=1S/C25H35OP/c1-26-25(20-12-11-19-24(25)21-13-5-2-6-14-21)27(22-15-7-3-8-16-22)23-17-9-4-10-18-23/h2,5-6,11-14,19,22-23H,3-4,7-10,15-18,20H2,1H3. The van der Waals surface area contributed by atoms with Gasteiger partial charge in [-0.3, -0.25) is 0 Å². The molecule has 0 aromatic heterocycles. The van der Waals surface area contributed by atoms with Gasteiger partial charge in [0.15, 0.2) is 0 Å². The topological polar surface area (TPSA) is 9.23 Å². The number of ether oxygens (including phenoxy) is 1. The van der Waals surface area contributed by atoms with E-state index in [2.05, 4.69) is 48.6 Å². The van der Waals surface area contributed by atoms with Crippen molar-refractivity contribution in [1.82, 2.24) is 0 Å². The summed E-state index contributed by atoms with van der Waals surface area (Å²) in [6, 6.07) is 11.1. The summed E-state index contributed by atoms with van der Waals surface area (Å²) in [5, 5.41) is -0.0878. The summed E-state index contributed by atoms with van der Waals surface area (Å²) in [5.74, 6) is 0. The van der Waals surface area contributed by atoms with E-state index in [1.165, 1.54) is 75.3 Å². The Hall–Kier alpha value is -0.910. The van der Waals surface area contributed by atoms with E-state index in [1.54, 1.807) is 0 Å². The van der Waals surface area contributed by atoms with Gasteiger partial charge in [-0.05, 0) is 48.1 Å². The maximum atomic E-state index is 6.62. The molecule has 0 aliphatic heterocycles. The van der Waals surface area contributed by atoms with Crippen molar-refractivity contribution >= 4 is 13.5 Å². The molecule has 3 aliphatic rings. The zero-order chi connectivity index (χ0) is 18.5. The van der Waals surface area contributed by atoms with Crippen molar-refractivity contribution < 1.29 is 4.74 Å². The molecule has 3 aliphatic carbocycles. The fourth-order valence-corrected chi connectivity index (χ4v) is 10.3. The highest BCUT2D eigenvalue weighted by Crippen LogP contribution is 2.69. The Labute approximate surface area is 167 Å². The highest BCUT2D eigenvalue weighted by molar-refractivity contribution is 7.61. The van der Waals surface area contributed by atoms with Crippen molar-refractivity contribution in [3.63, 3.8) is 0 Å². The highest BCUT2D eigenvalue weighted by atomic mass is 31.1. The van der Waals surface area contributed by atoms with Crippen LogP contribution in [0, 0.1) is 0 Å². The number of allylic oxidation sites excluding steroid dienone is 2. The van der Waals surface area contributed by atoms with Crippen LogP contribution in [0.3, 0.4) is 0 Å². The molecule has 1 aromatic rings. The number of methoxy groups -OCH3 is 1. The average Bonchev–Trinajstić information content (AvgIpc) is 2.76. The van der Waals surface area contributed by atoms with Crippen molar-refractivity contribution in [2.75, 3.05) is 7.11 Å². The average molecular weight is 383 g/mol. The molecule has 0 saturated heterocycles. The monoisotopic (exact) mass is 382 g/mol. The molecule has 2 heteroatoms. The second-order valence-corrected chi connectivity index (χ2v) is 11.6. The zero-order valence-electron chi connectivity index (χ0n) is 16.9. The van der Waals surface area contributed by atoms with E-state index < -0.39 is 0 Å². The molecule has 1 atom stereocenters. The van der Waals surface area contributed by atoms with Crippen LogP contribution in [0.1, 0.15) is 76.2 Å². The third-order valence-electron chi connectivity index (χ3n) is 6.99. The molecule has 2 saturated carbocycles. The molecule has 1 unspecified atom stereocenters. The SMILES string of the molecule is COC1(P(C2CCCCC2)C2CCCCC2)CC=CC=C1c1ccccc1. The van der Waals surface area contributed by atoms with Gasteiger partial charge in [-0.25, -0.2) is 0 Å². The van der Waals surface area contributed by atoms with Gasteiger partial charge in [0.2, 0.25) is 0 Å². The van der Waals surface area contributed by atoms with E-state index in [4.69, 9.17) is 4.74 Å². The lowest BCUT2D eigenvalue weighted by atomic mass is 9.93. The molecule has 27 heavy (non-hydrogen) atoms. The Morgan fingerprint density at radius 1 is 0.852 bits per heavy atom. The molecule has 0 radical (unpaired) electrons. The summed E-state index contributed by atoms with van der Waals surface area (Å²) in [6.07, 6.45) is 22.4. The summed E-state index contributed by atoms with van der Waals surface area (Å²) in [4.78, 5) is 0. The van der Waals surface area contributed by atoms with E-state index >= 15 is 0 Å². The minimum atomic E-state index is -0.204. The summed E-state index contributed by atoms with van der Waals surface area (Å²) in [6.45, 7) is 0. The maximum absolute atomic E-state index is 6.62. The molecule has 146 valence electrons. The van der Waals surface area contributed by atoms with Gasteiger partial charge in [-0.1, -0.05) is 95.0 Å². The molecule has 1 nitrogen and oxygen atoms in total. The molecule has 0 amide bonds. The Bertz CT molecular complexity index is 634. The van der Waals surface area contributed by atoms with Gasteiger partial charge in [0.25, 0.3) is 0 Å². The first kappa shape index (κ1) is 19.4. The van der Waals surface area contributed by atoms with Gasteiger partial charge in [0, 0.05) is 13.5 Å². The van der Waals surface area contributed by atoms with E-state index in [1.807, 2.05) is 7.11 Å². The fraction of sp³-hybridized carbons (Fsp3) is 0.600. The highest BCUT2D eigenvalue weighted by Gasteiger charge is 2.49. The number of hydrogen-bond donors (Lipinski definition) is 0. The van der Waals surface area contributed by atoms with Crippen LogP contribution >= 0.6 is 7.92 Å². The normalized spacial score (nSPS) is 27.7. The van der Waals surface area contributed by atoms with Crippen LogP contribution in [-0.4, -0.2) is 23.8 Å². The third-order valence-corrected chi connectivity index (χ3v) is 11.0. The van der Waals surface area contributed by atoms with Crippen LogP contribution in [0.25, 0.3) is 5.57 Å². The lowest BCUT2D eigenvalue weighted by Crippen LogP contribution is -2.40. The van der Waals surface area contributed by atoms with Gasteiger partial charge < -0.3 is 4.74 Å². The summed E-state index contributed by atoms with van der Waals surface area (Å²) in [7, 11) is 1.79. The molecule has 0 heterocycles. The van der Waals surface area contributed by atoms with Crippen molar-refractivity contribution in [2.24, 2.45) is 0 Å². The lowest BCUT2D eigenvalue weighted by Gasteiger charge is -2.51. The van der Waals surface area contributed by atoms with Gasteiger partial charge in [-0.15, -0.1) is 0 Å². The molecule has 2 fully saturated rings. The van der Waals surface area contributed by atoms with Gasteiger partial charge >= 0.3 is 0 Å². The fourth-order valence-electron chi connectivity index (χ4n) is 5.72. The minimum absolute atomic E-state index is 0.0878. The number of benzene rings is 1.